The molecule has 0 aliphatic heterocycles. The summed E-state index contributed by atoms with van der Waals surface area (Å²) in [6.45, 7) is 2.76. The molecule has 78 valence electrons. The van der Waals surface area contributed by atoms with Gasteiger partial charge in [-0.2, -0.15) is 0 Å². The van der Waals surface area contributed by atoms with Gasteiger partial charge in [-0.05, 0) is 13.8 Å². The summed E-state index contributed by atoms with van der Waals surface area (Å²) in [5.74, 6) is -4.04. The second-order valence-corrected chi connectivity index (χ2v) is 3.73. The quantitative estimate of drug-likeness (QED) is 0.695. The molecule has 0 aromatic carbocycles. The minimum absolute atomic E-state index is 0.0161. The van der Waals surface area contributed by atoms with E-state index in [9.17, 15) is 9.59 Å². The van der Waals surface area contributed by atoms with Crippen molar-refractivity contribution in [2.24, 2.45) is 11.8 Å². The molecule has 2 unspecified atom stereocenters. The molecular weight excluding hydrogens is 224 g/mol. The van der Waals surface area contributed by atoms with Crippen LogP contribution in [0.2, 0.25) is 0 Å². The Kier molecular flexibility index (Phi) is 4.79. The summed E-state index contributed by atoms with van der Waals surface area (Å²) in [6.07, 6.45) is 0. The zero-order chi connectivity index (χ0) is 11.5. The lowest BCUT2D eigenvalue weighted by molar-refractivity contribution is -0.140. The number of hydrogen-bond donors (Lipinski definition) is 2. The minimum atomic E-state index is -1.10. The van der Waals surface area contributed by atoms with E-state index in [4.69, 9.17) is 34.6 Å². The van der Waals surface area contributed by atoms with Crippen molar-refractivity contribution in [3.05, 3.63) is 0 Å². The first kappa shape index (κ1) is 13.1. The Morgan fingerprint density at radius 2 is 1.14 bits per heavy atom. The Bertz CT molecular complexity index is 268. The molecule has 6 heteroatoms. The van der Waals surface area contributed by atoms with Crippen LogP contribution >= 0.6 is 24.4 Å². The first-order chi connectivity index (χ1) is 6.29. The van der Waals surface area contributed by atoms with Gasteiger partial charge in [0.25, 0.3) is 0 Å². The summed E-state index contributed by atoms with van der Waals surface area (Å²) in [7, 11) is 0. The number of thiocarbonyl (C=S) groups is 2. The maximum atomic E-state index is 10.5. The lowest BCUT2D eigenvalue weighted by Crippen LogP contribution is -2.32. The van der Waals surface area contributed by atoms with Crippen molar-refractivity contribution in [3.63, 3.8) is 0 Å². The van der Waals surface area contributed by atoms with Crippen LogP contribution < -0.4 is 0 Å². The van der Waals surface area contributed by atoms with Crippen LogP contribution in [0.15, 0.2) is 0 Å². The maximum Gasteiger partial charge on any atom is 0.311 e. The number of aliphatic carboxylic acids is 2. The standard InChI is InChI=1S/C8H10O4S2/c1-3(7(9)10)5(13)6(14)4(2)8(11)12/h3-4H,1-2H3,(H,9,10)(H,11,12). The topological polar surface area (TPSA) is 74.6 Å². The average Bonchev–Trinajstić information content (AvgIpc) is 2.12. The monoisotopic (exact) mass is 234 g/mol. The van der Waals surface area contributed by atoms with Crippen LogP contribution in [-0.4, -0.2) is 31.9 Å². The van der Waals surface area contributed by atoms with Crippen LogP contribution in [0.4, 0.5) is 0 Å². The molecule has 0 amide bonds. The average molecular weight is 234 g/mol. The Morgan fingerprint density at radius 1 is 0.929 bits per heavy atom. The van der Waals surface area contributed by atoms with E-state index in [1.165, 1.54) is 13.8 Å². The number of carboxylic acid groups (broad SMARTS) is 2. The SMILES string of the molecule is CC(C(=O)O)C(=S)C(=S)C(C)C(=O)O. The highest BCUT2D eigenvalue weighted by Crippen LogP contribution is 2.09. The van der Waals surface area contributed by atoms with Crippen molar-refractivity contribution in [2.45, 2.75) is 13.8 Å². The Balaban J connectivity index is 4.64. The molecule has 2 atom stereocenters. The number of carbonyl (C=O) groups is 2. The van der Waals surface area contributed by atoms with Gasteiger partial charge in [0.05, 0.1) is 11.8 Å². The van der Waals surface area contributed by atoms with Gasteiger partial charge in [-0.15, -0.1) is 0 Å². The first-order valence-corrected chi connectivity index (χ1v) is 4.64. The van der Waals surface area contributed by atoms with Gasteiger partial charge in [0.15, 0.2) is 0 Å². The molecule has 0 fully saturated rings. The number of carboxylic acids is 2. The van der Waals surface area contributed by atoms with Crippen LogP contribution in [0, 0.1) is 11.8 Å². The second-order valence-electron chi connectivity index (χ2n) is 2.85. The third-order valence-electron chi connectivity index (χ3n) is 1.77. The third kappa shape index (κ3) is 3.12. The predicted octanol–water partition coefficient (Wildman–Crippen LogP) is 1.17. The largest absolute Gasteiger partial charge is 0.481 e. The molecule has 0 heterocycles. The Labute approximate surface area is 91.9 Å². The summed E-state index contributed by atoms with van der Waals surface area (Å²) in [4.78, 5) is 21.1. The normalized spacial score (nSPS) is 14.1. The first-order valence-electron chi connectivity index (χ1n) is 3.82. The van der Waals surface area contributed by atoms with Crippen LogP contribution in [0.5, 0.6) is 0 Å². The van der Waals surface area contributed by atoms with Crippen molar-refractivity contribution in [2.75, 3.05) is 0 Å². The van der Waals surface area contributed by atoms with Crippen molar-refractivity contribution in [1.82, 2.24) is 0 Å². The van der Waals surface area contributed by atoms with E-state index >= 15 is 0 Å². The van der Waals surface area contributed by atoms with E-state index < -0.39 is 23.8 Å². The number of hydrogen-bond acceptors (Lipinski definition) is 4. The zero-order valence-corrected chi connectivity index (χ0v) is 9.32. The summed E-state index contributed by atoms with van der Waals surface area (Å²) in [6, 6.07) is 0. The van der Waals surface area contributed by atoms with Crippen LogP contribution in [0.1, 0.15) is 13.8 Å². The highest BCUT2D eigenvalue weighted by Gasteiger charge is 2.26. The van der Waals surface area contributed by atoms with Crippen LogP contribution in [0.25, 0.3) is 0 Å². The molecule has 4 nitrogen and oxygen atoms in total. The molecule has 14 heavy (non-hydrogen) atoms. The predicted molar refractivity (Wildman–Crippen MR) is 58.8 cm³/mol. The van der Waals surface area contributed by atoms with E-state index in [-0.39, 0.29) is 9.73 Å². The van der Waals surface area contributed by atoms with E-state index in [0.717, 1.165) is 0 Å². The summed E-state index contributed by atoms with van der Waals surface area (Å²) >= 11 is 9.57. The smallest absolute Gasteiger partial charge is 0.311 e. The lowest BCUT2D eigenvalue weighted by atomic mass is 9.98. The van der Waals surface area contributed by atoms with Crippen molar-refractivity contribution < 1.29 is 19.8 Å². The molecule has 0 radical (unpaired) electrons. The fraction of sp³-hybridized carbons (Fsp3) is 0.500. The fourth-order valence-corrected chi connectivity index (χ4v) is 1.21. The molecule has 0 aromatic heterocycles. The van der Waals surface area contributed by atoms with E-state index in [0.29, 0.717) is 0 Å². The van der Waals surface area contributed by atoms with Gasteiger partial charge in [-0.1, -0.05) is 24.4 Å². The molecule has 0 aromatic rings. The minimum Gasteiger partial charge on any atom is -0.481 e. The van der Waals surface area contributed by atoms with Gasteiger partial charge in [0.1, 0.15) is 0 Å². The van der Waals surface area contributed by atoms with Gasteiger partial charge >= 0.3 is 11.9 Å². The molecule has 0 aliphatic carbocycles. The molecule has 0 aliphatic rings. The van der Waals surface area contributed by atoms with Gasteiger partial charge in [0.2, 0.25) is 0 Å². The van der Waals surface area contributed by atoms with Gasteiger partial charge < -0.3 is 10.2 Å². The number of rotatable bonds is 5. The molecule has 0 saturated carbocycles. The Morgan fingerprint density at radius 3 is 1.29 bits per heavy atom. The highest BCUT2D eigenvalue weighted by molar-refractivity contribution is 7.89. The molecule has 2 N–H and O–H groups in total. The van der Waals surface area contributed by atoms with Crippen molar-refractivity contribution >= 4 is 46.1 Å². The maximum absolute atomic E-state index is 10.5. The lowest BCUT2D eigenvalue weighted by Gasteiger charge is -2.12. The Hall–Kier alpha value is -0.880. The van der Waals surface area contributed by atoms with E-state index in [2.05, 4.69) is 0 Å². The van der Waals surface area contributed by atoms with Crippen LogP contribution in [-0.2, 0) is 9.59 Å². The molecule has 0 spiro atoms. The summed E-state index contributed by atoms with van der Waals surface area (Å²) < 4.78 is 0. The van der Waals surface area contributed by atoms with Gasteiger partial charge in [-0.3, -0.25) is 9.59 Å². The van der Waals surface area contributed by atoms with Gasteiger partial charge in [0, 0.05) is 9.73 Å². The molecule has 0 bridgehead atoms. The van der Waals surface area contributed by atoms with Gasteiger partial charge in [-0.25, -0.2) is 0 Å². The molecule has 0 rings (SSSR count). The summed E-state index contributed by atoms with van der Waals surface area (Å²) in [5, 5.41) is 17.3. The molecule has 0 saturated heterocycles. The van der Waals surface area contributed by atoms with Crippen LogP contribution in [0.3, 0.4) is 0 Å². The second kappa shape index (κ2) is 5.11. The highest BCUT2D eigenvalue weighted by atomic mass is 32.1. The zero-order valence-electron chi connectivity index (χ0n) is 7.68. The fourth-order valence-electron chi connectivity index (χ4n) is 0.651. The third-order valence-corrected chi connectivity index (χ3v) is 3.05. The van der Waals surface area contributed by atoms with E-state index in [1.54, 1.807) is 0 Å². The molecular formula is C8H10O4S2. The van der Waals surface area contributed by atoms with Crippen molar-refractivity contribution in [3.8, 4) is 0 Å². The van der Waals surface area contributed by atoms with Crippen molar-refractivity contribution in [1.29, 1.82) is 0 Å². The summed E-state index contributed by atoms with van der Waals surface area (Å²) in [5.41, 5.74) is 0. The van der Waals surface area contributed by atoms with E-state index in [1.807, 2.05) is 0 Å².